The summed E-state index contributed by atoms with van der Waals surface area (Å²) in [6.07, 6.45) is -6.13. The van der Waals surface area contributed by atoms with Crippen LogP contribution in [0.1, 0.15) is 41.0 Å². The fourth-order valence-electron chi connectivity index (χ4n) is 3.66. The van der Waals surface area contributed by atoms with Crippen molar-refractivity contribution in [2.24, 2.45) is 0 Å². The van der Waals surface area contributed by atoms with E-state index in [2.05, 4.69) is 0 Å². The Labute approximate surface area is 183 Å². The van der Waals surface area contributed by atoms with E-state index in [1.807, 2.05) is 0 Å². The lowest BCUT2D eigenvalue weighted by Crippen LogP contribution is -2.59. The van der Waals surface area contributed by atoms with Crippen LogP contribution < -0.4 is 0 Å². The average molecular weight is 450 g/mol. The molecule has 1 aliphatic carbocycles. The first-order valence-electron chi connectivity index (χ1n) is 10.0. The third-order valence-corrected chi connectivity index (χ3v) is 5.42. The lowest BCUT2D eigenvalue weighted by molar-refractivity contribution is -0.307. The Morgan fingerprint density at radius 3 is 2.28 bits per heavy atom. The third-order valence-electron chi connectivity index (χ3n) is 5.42. The molecule has 1 saturated heterocycles. The molecule has 10 heteroatoms. The molecule has 6 unspecified atom stereocenters. The highest BCUT2D eigenvalue weighted by Gasteiger charge is 2.46. The number of aliphatic hydroxyl groups is 4. The highest BCUT2D eigenvalue weighted by Crippen LogP contribution is 2.37. The van der Waals surface area contributed by atoms with E-state index in [0.717, 1.165) is 23.8 Å². The number of allylic oxidation sites excluding steroid dienone is 2. The fourth-order valence-corrected chi connectivity index (χ4v) is 3.66. The molecule has 2 aliphatic rings. The van der Waals surface area contributed by atoms with E-state index >= 15 is 0 Å². The summed E-state index contributed by atoms with van der Waals surface area (Å²) in [7, 11) is 0. The molecule has 0 spiro atoms. The molecule has 174 valence electrons. The maximum absolute atomic E-state index is 13.2. The predicted octanol–water partition coefficient (Wildman–Crippen LogP) is -0.0554. The molecule has 0 radical (unpaired) electrons. The summed E-state index contributed by atoms with van der Waals surface area (Å²) in [4.78, 5) is 25.8. The Bertz CT molecular complexity index is 960. The largest absolute Gasteiger partial charge is 0.507 e. The van der Waals surface area contributed by atoms with Crippen molar-refractivity contribution in [3.8, 4) is 11.5 Å². The van der Waals surface area contributed by atoms with E-state index in [9.17, 15) is 40.2 Å². The van der Waals surface area contributed by atoms with Gasteiger partial charge >= 0.3 is 0 Å². The van der Waals surface area contributed by atoms with Gasteiger partial charge in [-0.05, 0) is 38.5 Å². The standard InChI is InChI=1S/C22H26O10/c1-9(2)3-6-14(31-22-21(30)20(29)19(28)15(8-23)32-22)10-7-13(26)16-11(24)4-5-12(25)17(16)18(10)27/h3-5,7,14-15,19-25,28-30H,6,8H2,1-2H3. The number of carbonyl (C=O) groups excluding carboxylic acids is 2. The second-order valence-corrected chi connectivity index (χ2v) is 7.99. The monoisotopic (exact) mass is 450 g/mol. The number of benzene rings is 1. The first-order chi connectivity index (χ1) is 15.1. The zero-order valence-electron chi connectivity index (χ0n) is 17.5. The molecule has 0 amide bonds. The number of carbonyl (C=O) groups is 2. The van der Waals surface area contributed by atoms with Gasteiger partial charge in [0.25, 0.3) is 0 Å². The number of aliphatic hydroxyl groups excluding tert-OH is 4. The van der Waals surface area contributed by atoms with E-state index in [-0.39, 0.29) is 23.1 Å². The van der Waals surface area contributed by atoms with E-state index < -0.39 is 66.5 Å². The van der Waals surface area contributed by atoms with Crippen molar-refractivity contribution in [1.29, 1.82) is 0 Å². The van der Waals surface area contributed by atoms with Crippen LogP contribution in [0, 0.1) is 0 Å². The van der Waals surface area contributed by atoms with Crippen molar-refractivity contribution >= 4 is 11.6 Å². The summed E-state index contributed by atoms with van der Waals surface area (Å²) < 4.78 is 11.1. The van der Waals surface area contributed by atoms with E-state index in [4.69, 9.17) is 9.47 Å². The highest BCUT2D eigenvalue weighted by molar-refractivity contribution is 6.27. The maximum Gasteiger partial charge on any atom is 0.196 e. The molecule has 0 aromatic heterocycles. The summed E-state index contributed by atoms with van der Waals surface area (Å²) in [5.41, 5.74) is 0.0148. The molecule has 6 N–H and O–H groups in total. The fraction of sp³-hybridized carbons (Fsp3) is 0.455. The average Bonchev–Trinajstić information content (AvgIpc) is 2.75. The van der Waals surface area contributed by atoms with Crippen LogP contribution in [0.25, 0.3) is 0 Å². The van der Waals surface area contributed by atoms with Crippen molar-refractivity contribution < 1.29 is 49.7 Å². The summed E-state index contributed by atoms with van der Waals surface area (Å²) >= 11 is 0. The summed E-state index contributed by atoms with van der Waals surface area (Å²) in [5.74, 6) is -2.43. The zero-order chi connectivity index (χ0) is 23.7. The Hall–Kier alpha value is -2.60. The number of aromatic hydroxyl groups is 2. The van der Waals surface area contributed by atoms with Crippen LogP contribution >= 0.6 is 0 Å². The first kappa shape index (κ1) is 24.1. The molecule has 1 heterocycles. The SMILES string of the molecule is CC(C)=CCC(OC1OC(CO)C(O)C(O)C1O)C1=CC(=O)c2c(O)ccc(O)c2C1=O. The maximum atomic E-state index is 13.2. The smallest absolute Gasteiger partial charge is 0.196 e. The minimum atomic E-state index is -1.71. The van der Waals surface area contributed by atoms with Crippen LogP contribution in [-0.4, -0.2) is 85.6 Å². The molecule has 0 saturated carbocycles. The number of ketones is 2. The Morgan fingerprint density at radius 2 is 1.69 bits per heavy atom. The molecule has 1 aromatic carbocycles. The molecule has 1 aliphatic heterocycles. The van der Waals surface area contributed by atoms with Crippen LogP contribution in [-0.2, 0) is 9.47 Å². The van der Waals surface area contributed by atoms with Gasteiger partial charge in [-0.25, -0.2) is 0 Å². The minimum Gasteiger partial charge on any atom is -0.507 e. The Balaban J connectivity index is 1.98. The molecular formula is C22H26O10. The first-order valence-corrected chi connectivity index (χ1v) is 10.0. The molecule has 1 aromatic rings. The summed E-state index contributed by atoms with van der Waals surface area (Å²) in [6, 6.07) is 2.19. The number of hydrogen-bond donors (Lipinski definition) is 6. The van der Waals surface area contributed by atoms with Crippen molar-refractivity contribution in [1.82, 2.24) is 0 Å². The number of ether oxygens (including phenoxy) is 2. The predicted molar refractivity (Wildman–Crippen MR) is 109 cm³/mol. The number of fused-ring (bicyclic) bond motifs is 1. The van der Waals surface area contributed by atoms with Gasteiger partial charge in [-0.2, -0.15) is 0 Å². The van der Waals surface area contributed by atoms with Gasteiger partial charge < -0.3 is 40.1 Å². The van der Waals surface area contributed by atoms with Gasteiger partial charge in [0.15, 0.2) is 17.9 Å². The number of hydrogen-bond acceptors (Lipinski definition) is 10. The normalized spacial score (nSPS) is 28.7. The third kappa shape index (κ3) is 4.46. The minimum absolute atomic E-state index is 0.0666. The Morgan fingerprint density at radius 1 is 1.06 bits per heavy atom. The van der Waals surface area contributed by atoms with E-state index in [0.29, 0.717) is 0 Å². The van der Waals surface area contributed by atoms with Crippen LogP contribution in [0.3, 0.4) is 0 Å². The van der Waals surface area contributed by atoms with Gasteiger partial charge in [-0.1, -0.05) is 11.6 Å². The quantitative estimate of drug-likeness (QED) is 0.255. The van der Waals surface area contributed by atoms with Gasteiger partial charge in [-0.15, -0.1) is 0 Å². The van der Waals surface area contributed by atoms with Gasteiger partial charge in [0, 0.05) is 5.57 Å². The van der Waals surface area contributed by atoms with Crippen LogP contribution in [0.15, 0.2) is 35.4 Å². The van der Waals surface area contributed by atoms with Gasteiger partial charge in [0.05, 0.1) is 23.8 Å². The van der Waals surface area contributed by atoms with Crippen molar-refractivity contribution in [2.45, 2.75) is 57.1 Å². The molecule has 0 bridgehead atoms. The molecule has 3 rings (SSSR count). The van der Waals surface area contributed by atoms with Crippen molar-refractivity contribution in [3.05, 3.63) is 46.6 Å². The van der Waals surface area contributed by atoms with E-state index in [1.54, 1.807) is 19.9 Å². The summed E-state index contributed by atoms with van der Waals surface area (Å²) in [5, 5.41) is 59.8. The van der Waals surface area contributed by atoms with Crippen LogP contribution in [0.5, 0.6) is 11.5 Å². The lowest BCUT2D eigenvalue weighted by atomic mass is 9.85. The van der Waals surface area contributed by atoms with Gasteiger partial charge in [0.2, 0.25) is 0 Å². The highest BCUT2D eigenvalue weighted by atomic mass is 16.7. The van der Waals surface area contributed by atoms with Crippen LogP contribution in [0.4, 0.5) is 0 Å². The lowest BCUT2D eigenvalue weighted by Gasteiger charge is -2.41. The van der Waals surface area contributed by atoms with Crippen molar-refractivity contribution in [3.63, 3.8) is 0 Å². The van der Waals surface area contributed by atoms with Gasteiger partial charge in [-0.3, -0.25) is 9.59 Å². The molecule has 1 fully saturated rings. The van der Waals surface area contributed by atoms with Crippen LogP contribution in [0.2, 0.25) is 0 Å². The summed E-state index contributed by atoms with van der Waals surface area (Å²) in [6.45, 7) is 2.93. The number of phenolic OH excluding ortho intramolecular Hbond substituents is 2. The molecular weight excluding hydrogens is 424 g/mol. The van der Waals surface area contributed by atoms with E-state index in [1.165, 1.54) is 0 Å². The second kappa shape index (κ2) is 9.49. The zero-order valence-corrected chi connectivity index (χ0v) is 17.5. The Kier molecular flexibility index (Phi) is 7.13. The number of Topliss-reactive ketones (excluding diaryl/α,β-unsaturated/α-hetero) is 1. The molecule has 6 atom stereocenters. The van der Waals surface area contributed by atoms with Crippen molar-refractivity contribution in [2.75, 3.05) is 6.61 Å². The topological polar surface area (TPSA) is 174 Å². The molecule has 32 heavy (non-hydrogen) atoms. The van der Waals surface area contributed by atoms with Gasteiger partial charge in [0.1, 0.15) is 35.9 Å². The number of rotatable bonds is 6. The number of phenols is 2. The second-order valence-electron chi connectivity index (χ2n) is 7.99. The molecule has 10 nitrogen and oxygen atoms in total.